The molecule has 1 aliphatic rings. The highest BCUT2D eigenvalue weighted by Crippen LogP contribution is 2.19. The standard InChI is InChI=1S/C14H28N2O3/c1-2-9-18-10-7-14(17)16-8-11-19-13-5-3-12(15)4-6-13/h12-13H,2-11,15H2,1H3,(H,16,17). The van der Waals surface area contributed by atoms with Crippen LogP contribution in [0.4, 0.5) is 0 Å². The van der Waals surface area contributed by atoms with Crippen molar-refractivity contribution in [2.24, 2.45) is 5.73 Å². The lowest BCUT2D eigenvalue weighted by Gasteiger charge is -2.26. The molecule has 112 valence electrons. The number of nitrogens with two attached hydrogens (primary N) is 1. The molecule has 3 N–H and O–H groups in total. The molecule has 0 aromatic rings. The van der Waals surface area contributed by atoms with E-state index in [2.05, 4.69) is 12.2 Å². The van der Waals surface area contributed by atoms with Crippen LogP contribution in [0.5, 0.6) is 0 Å². The fourth-order valence-electron chi connectivity index (χ4n) is 2.17. The van der Waals surface area contributed by atoms with E-state index in [1.165, 1.54) is 0 Å². The van der Waals surface area contributed by atoms with Crippen LogP contribution in [0.2, 0.25) is 0 Å². The molecule has 0 radical (unpaired) electrons. The van der Waals surface area contributed by atoms with Gasteiger partial charge in [0.2, 0.25) is 5.91 Å². The van der Waals surface area contributed by atoms with Crippen molar-refractivity contribution >= 4 is 5.91 Å². The van der Waals surface area contributed by atoms with Crippen molar-refractivity contribution < 1.29 is 14.3 Å². The van der Waals surface area contributed by atoms with Gasteiger partial charge in [0.25, 0.3) is 0 Å². The molecule has 0 saturated heterocycles. The van der Waals surface area contributed by atoms with Crippen molar-refractivity contribution in [3.05, 3.63) is 0 Å². The molecule has 0 aromatic carbocycles. The van der Waals surface area contributed by atoms with Gasteiger partial charge in [0, 0.05) is 25.6 Å². The van der Waals surface area contributed by atoms with E-state index >= 15 is 0 Å². The third-order valence-electron chi connectivity index (χ3n) is 3.32. The molecular weight excluding hydrogens is 244 g/mol. The van der Waals surface area contributed by atoms with Gasteiger partial charge in [-0.1, -0.05) is 6.92 Å². The first-order valence-corrected chi connectivity index (χ1v) is 7.44. The Labute approximate surface area is 116 Å². The Balaban J connectivity index is 1.91. The van der Waals surface area contributed by atoms with Crippen LogP contribution < -0.4 is 11.1 Å². The van der Waals surface area contributed by atoms with Crippen molar-refractivity contribution in [3.8, 4) is 0 Å². The molecule has 19 heavy (non-hydrogen) atoms. The van der Waals surface area contributed by atoms with Crippen molar-refractivity contribution in [2.75, 3.05) is 26.4 Å². The van der Waals surface area contributed by atoms with E-state index in [9.17, 15) is 4.79 Å². The molecule has 0 heterocycles. The minimum absolute atomic E-state index is 0.0327. The second kappa shape index (κ2) is 10.2. The van der Waals surface area contributed by atoms with Gasteiger partial charge in [0.1, 0.15) is 0 Å². The molecule has 0 aromatic heterocycles. The summed E-state index contributed by atoms with van der Waals surface area (Å²) in [6.07, 6.45) is 5.92. The second-order valence-corrected chi connectivity index (χ2v) is 5.12. The van der Waals surface area contributed by atoms with Gasteiger partial charge in [0.15, 0.2) is 0 Å². The fourth-order valence-corrected chi connectivity index (χ4v) is 2.17. The zero-order chi connectivity index (χ0) is 13.9. The zero-order valence-electron chi connectivity index (χ0n) is 12.0. The molecule has 0 unspecified atom stereocenters. The maximum absolute atomic E-state index is 11.4. The monoisotopic (exact) mass is 272 g/mol. The molecule has 0 bridgehead atoms. The van der Waals surface area contributed by atoms with Crippen LogP contribution in [0.15, 0.2) is 0 Å². The van der Waals surface area contributed by atoms with Gasteiger partial charge < -0.3 is 20.5 Å². The molecule has 0 spiro atoms. The van der Waals surface area contributed by atoms with Crippen LogP contribution in [-0.4, -0.2) is 44.4 Å². The first-order chi connectivity index (χ1) is 9.22. The number of carbonyl (C=O) groups excluding carboxylic acids is 1. The topological polar surface area (TPSA) is 73.6 Å². The van der Waals surface area contributed by atoms with Crippen LogP contribution in [0.3, 0.4) is 0 Å². The van der Waals surface area contributed by atoms with Gasteiger partial charge in [-0.25, -0.2) is 0 Å². The summed E-state index contributed by atoms with van der Waals surface area (Å²) < 4.78 is 11.0. The molecule has 0 aliphatic heterocycles. The first kappa shape index (κ1) is 16.4. The summed E-state index contributed by atoms with van der Waals surface area (Å²) in [4.78, 5) is 11.4. The number of amides is 1. The van der Waals surface area contributed by atoms with Crippen molar-refractivity contribution in [2.45, 2.75) is 57.6 Å². The third kappa shape index (κ3) is 8.18. The van der Waals surface area contributed by atoms with E-state index in [0.29, 0.717) is 38.3 Å². The molecule has 1 rings (SSSR count). The van der Waals surface area contributed by atoms with Crippen molar-refractivity contribution in [1.82, 2.24) is 5.32 Å². The highest BCUT2D eigenvalue weighted by Gasteiger charge is 2.18. The van der Waals surface area contributed by atoms with Gasteiger partial charge >= 0.3 is 0 Å². The normalized spacial score (nSPS) is 23.3. The number of nitrogens with one attached hydrogen (secondary N) is 1. The Morgan fingerprint density at radius 3 is 2.63 bits per heavy atom. The maximum atomic E-state index is 11.4. The summed E-state index contributed by atoms with van der Waals surface area (Å²) in [5.74, 6) is 0.0327. The lowest BCUT2D eigenvalue weighted by atomic mass is 9.94. The minimum atomic E-state index is 0.0327. The summed E-state index contributed by atoms with van der Waals surface area (Å²) >= 11 is 0. The van der Waals surface area contributed by atoms with E-state index < -0.39 is 0 Å². The predicted molar refractivity (Wildman–Crippen MR) is 74.9 cm³/mol. The Morgan fingerprint density at radius 1 is 1.21 bits per heavy atom. The summed E-state index contributed by atoms with van der Waals surface area (Å²) in [5, 5.41) is 2.84. The largest absolute Gasteiger partial charge is 0.381 e. The van der Waals surface area contributed by atoms with Gasteiger partial charge in [-0.2, -0.15) is 0 Å². The Hall–Kier alpha value is -0.650. The summed E-state index contributed by atoms with van der Waals surface area (Å²) in [6.45, 7) is 4.44. The third-order valence-corrected chi connectivity index (χ3v) is 3.32. The highest BCUT2D eigenvalue weighted by atomic mass is 16.5. The van der Waals surface area contributed by atoms with Crippen molar-refractivity contribution in [3.63, 3.8) is 0 Å². The molecule has 5 nitrogen and oxygen atoms in total. The van der Waals surface area contributed by atoms with Gasteiger partial charge in [-0.15, -0.1) is 0 Å². The Kier molecular flexibility index (Phi) is 8.79. The summed E-state index contributed by atoms with van der Waals surface area (Å²) in [5.41, 5.74) is 5.84. The van der Waals surface area contributed by atoms with Crippen LogP contribution >= 0.6 is 0 Å². The summed E-state index contributed by atoms with van der Waals surface area (Å²) in [6, 6.07) is 0.350. The van der Waals surface area contributed by atoms with Crippen LogP contribution in [-0.2, 0) is 14.3 Å². The maximum Gasteiger partial charge on any atom is 0.222 e. The minimum Gasteiger partial charge on any atom is -0.381 e. The smallest absolute Gasteiger partial charge is 0.222 e. The molecule has 0 atom stereocenters. The van der Waals surface area contributed by atoms with Gasteiger partial charge in [0.05, 0.1) is 19.3 Å². The van der Waals surface area contributed by atoms with Crippen LogP contribution in [0, 0.1) is 0 Å². The van der Waals surface area contributed by atoms with Gasteiger partial charge in [-0.3, -0.25) is 4.79 Å². The number of ether oxygens (including phenoxy) is 2. The molecule has 1 fully saturated rings. The Morgan fingerprint density at radius 2 is 1.95 bits per heavy atom. The first-order valence-electron chi connectivity index (χ1n) is 7.44. The predicted octanol–water partition coefficient (Wildman–Crippen LogP) is 1.21. The fraction of sp³-hybridized carbons (Fsp3) is 0.929. The van der Waals surface area contributed by atoms with Crippen LogP contribution in [0.1, 0.15) is 45.4 Å². The average Bonchev–Trinajstić information content (AvgIpc) is 2.42. The molecule has 1 saturated carbocycles. The molecular formula is C14H28N2O3. The molecule has 1 aliphatic carbocycles. The Bertz CT molecular complexity index is 241. The van der Waals surface area contributed by atoms with E-state index in [4.69, 9.17) is 15.2 Å². The number of hydrogen-bond donors (Lipinski definition) is 2. The van der Waals surface area contributed by atoms with Gasteiger partial charge in [-0.05, 0) is 32.1 Å². The quantitative estimate of drug-likeness (QED) is 0.619. The summed E-state index contributed by atoms with van der Waals surface area (Å²) in [7, 11) is 0. The highest BCUT2D eigenvalue weighted by molar-refractivity contribution is 5.75. The average molecular weight is 272 g/mol. The molecule has 5 heteroatoms. The SMILES string of the molecule is CCCOCCC(=O)NCCOC1CCC(N)CC1. The van der Waals surface area contributed by atoms with Crippen LogP contribution in [0.25, 0.3) is 0 Å². The lowest BCUT2D eigenvalue weighted by molar-refractivity contribution is -0.122. The van der Waals surface area contributed by atoms with E-state index in [-0.39, 0.29) is 5.91 Å². The van der Waals surface area contributed by atoms with E-state index in [1.807, 2.05) is 0 Å². The zero-order valence-corrected chi connectivity index (χ0v) is 12.0. The lowest BCUT2D eigenvalue weighted by Crippen LogP contribution is -2.33. The van der Waals surface area contributed by atoms with E-state index in [1.54, 1.807) is 0 Å². The van der Waals surface area contributed by atoms with Crippen molar-refractivity contribution in [1.29, 1.82) is 0 Å². The number of carbonyl (C=O) groups is 1. The second-order valence-electron chi connectivity index (χ2n) is 5.12. The number of hydrogen-bond acceptors (Lipinski definition) is 4. The van der Waals surface area contributed by atoms with E-state index in [0.717, 1.165) is 38.7 Å². The number of rotatable bonds is 9. The molecule has 1 amide bonds.